The molecule has 0 saturated heterocycles. The molecule has 1 N–H and O–H groups in total. The van der Waals surface area contributed by atoms with Gasteiger partial charge in [-0.1, -0.05) is 5.26 Å². The minimum Gasteiger partial charge on any atom is -0.744 e. The van der Waals surface area contributed by atoms with E-state index in [1.165, 1.54) is 7.11 Å². The van der Waals surface area contributed by atoms with Gasteiger partial charge in [0, 0.05) is 0 Å². The monoisotopic (exact) mass is 296 g/mol. The number of hydrogen-bond donors (Lipinski definition) is 1. The van der Waals surface area contributed by atoms with Crippen LogP contribution in [0.15, 0.2) is 33.6 Å². The van der Waals surface area contributed by atoms with Crippen molar-refractivity contribution in [3.8, 4) is 12.1 Å². The van der Waals surface area contributed by atoms with Crippen LogP contribution in [-0.2, 0) is 14.9 Å². The van der Waals surface area contributed by atoms with Gasteiger partial charge in [-0.15, -0.1) is 0 Å². The second-order valence-corrected chi connectivity index (χ2v) is 6.20. The Balaban J connectivity index is 3.60. The first-order valence-electron chi connectivity index (χ1n) is 5.43. The zero-order valence-electron chi connectivity index (χ0n) is 11.5. The Kier molecular flexibility index (Phi) is 4.06. The zero-order chi connectivity index (χ0) is 15.7. The average molecular weight is 296 g/mol. The molecule has 0 aromatic rings. The predicted octanol–water partition coefficient (Wildman–Crippen LogP) is -1.41. The van der Waals surface area contributed by atoms with Crippen LogP contribution in [0.5, 0.6) is 0 Å². The molecule has 0 saturated carbocycles. The normalized spacial score (nSPS) is 16.4. The number of rotatable bonds is 4. The molecule has 20 heavy (non-hydrogen) atoms. The molecule has 8 heteroatoms. The van der Waals surface area contributed by atoms with E-state index in [1.807, 2.05) is 6.07 Å². The smallest absolute Gasteiger partial charge is 0.319 e. The zero-order valence-corrected chi connectivity index (χ0v) is 12.3. The van der Waals surface area contributed by atoms with Gasteiger partial charge in [0.25, 0.3) is 0 Å². The summed E-state index contributed by atoms with van der Waals surface area (Å²) in [5, 5.41) is 15.7. The second-order valence-electron chi connectivity index (χ2n) is 4.89. The highest BCUT2D eigenvalue weighted by molar-refractivity contribution is 7.90. The maximum atomic E-state index is 11.3. The van der Waals surface area contributed by atoms with Gasteiger partial charge in [-0.2, -0.15) is 5.26 Å². The molecule has 1 rings (SSSR count). The highest BCUT2D eigenvalue weighted by atomic mass is 32.2. The Bertz CT molecular complexity index is 706. The van der Waals surface area contributed by atoms with Crippen LogP contribution in [0.3, 0.4) is 0 Å². The van der Waals surface area contributed by atoms with Gasteiger partial charge in [0.1, 0.15) is 21.1 Å². The summed E-state index contributed by atoms with van der Waals surface area (Å²) in [6, 6.07) is 3.57. The molecular formula is C12H14N3O4S+. The van der Waals surface area contributed by atoms with E-state index in [2.05, 4.69) is 0 Å². The topological polar surface area (TPSA) is 114 Å². The Morgan fingerprint density at radius 1 is 1.45 bits per heavy atom. The van der Waals surface area contributed by atoms with Crippen molar-refractivity contribution in [3.05, 3.63) is 33.6 Å². The first-order valence-corrected chi connectivity index (χ1v) is 6.84. The van der Waals surface area contributed by atoms with E-state index in [1.54, 1.807) is 27.2 Å². The summed E-state index contributed by atoms with van der Waals surface area (Å²) >= 11 is 0. The van der Waals surface area contributed by atoms with E-state index in [4.69, 9.17) is 15.3 Å². The standard InChI is InChI=1S/C12H13N3O4S/c1-15(2,3)10-9(5-8(6-13)7-14)12(11(10)19-4)20(16,17)18/h5H,1-4H3/p+1. The van der Waals surface area contributed by atoms with Crippen molar-refractivity contribution in [2.75, 3.05) is 28.3 Å². The summed E-state index contributed by atoms with van der Waals surface area (Å²) < 4.78 is 39.1. The summed E-state index contributed by atoms with van der Waals surface area (Å²) in [5.74, 6) is -0.0129. The summed E-state index contributed by atoms with van der Waals surface area (Å²) in [6.07, 6.45) is 1.15. The van der Waals surface area contributed by atoms with Gasteiger partial charge in [0.2, 0.25) is 0 Å². The maximum absolute atomic E-state index is 11.3. The first-order chi connectivity index (χ1) is 9.07. The van der Waals surface area contributed by atoms with Gasteiger partial charge >= 0.3 is 6.07 Å². The van der Waals surface area contributed by atoms with E-state index >= 15 is 0 Å². The fraction of sp³-hybridized carbons (Fsp3) is 0.333. The van der Waals surface area contributed by atoms with E-state index in [0.717, 1.165) is 6.08 Å². The first kappa shape index (κ1) is 15.9. The molecule has 0 bridgehead atoms. The third kappa shape index (κ3) is 2.73. The number of nitriles is 1. The van der Waals surface area contributed by atoms with Crippen LogP contribution in [0.4, 0.5) is 0 Å². The lowest BCUT2D eigenvalue weighted by Gasteiger charge is -2.36. The molecule has 1 aliphatic rings. The van der Waals surface area contributed by atoms with E-state index < -0.39 is 15.0 Å². The number of likely N-dealkylation sites (N-methyl/N-ethyl adjacent to an activating group) is 1. The summed E-state index contributed by atoms with van der Waals surface area (Å²) in [5.41, 5.74) is 0.368. The third-order valence-electron chi connectivity index (χ3n) is 2.59. The van der Waals surface area contributed by atoms with E-state index in [9.17, 15) is 13.0 Å². The Hall–Kier alpha value is -2.13. The molecule has 0 radical (unpaired) electrons. The van der Waals surface area contributed by atoms with Gasteiger partial charge in [-0.05, 0) is 6.08 Å². The molecule has 0 amide bonds. The molecule has 0 aromatic heterocycles. The van der Waals surface area contributed by atoms with Gasteiger partial charge < -0.3 is 9.29 Å². The van der Waals surface area contributed by atoms with Crippen molar-refractivity contribution >= 4 is 10.1 Å². The molecule has 0 spiro atoms. The van der Waals surface area contributed by atoms with Crippen molar-refractivity contribution in [2.24, 2.45) is 0 Å². The van der Waals surface area contributed by atoms with Gasteiger partial charge in [-0.25, -0.2) is 8.42 Å². The van der Waals surface area contributed by atoms with Crippen molar-refractivity contribution in [3.63, 3.8) is 0 Å². The number of quaternary nitrogens is 1. The van der Waals surface area contributed by atoms with Crippen LogP contribution >= 0.6 is 0 Å². The summed E-state index contributed by atoms with van der Waals surface area (Å²) in [7, 11) is 1.81. The lowest BCUT2D eigenvalue weighted by atomic mass is 9.97. The second kappa shape index (κ2) is 5.10. The third-order valence-corrected chi connectivity index (χ3v) is 3.50. The van der Waals surface area contributed by atoms with Gasteiger partial charge in [0.15, 0.2) is 17.0 Å². The molecule has 0 fully saturated rings. The van der Waals surface area contributed by atoms with Gasteiger partial charge in [0.05, 0.1) is 33.8 Å². The largest absolute Gasteiger partial charge is 0.744 e. The maximum Gasteiger partial charge on any atom is 0.319 e. The summed E-state index contributed by atoms with van der Waals surface area (Å²) in [6.45, 7) is 0. The lowest BCUT2D eigenvalue weighted by molar-refractivity contribution is -0.831. The number of nitrogens with zero attached hydrogens (tertiary/aromatic N) is 2. The minimum absolute atomic E-state index is 0.0129. The minimum atomic E-state index is -4.74. The predicted molar refractivity (Wildman–Crippen MR) is 67.3 cm³/mol. The molecule has 0 heterocycles. The number of ether oxygens (including phenoxy) is 1. The molecule has 7 nitrogen and oxygen atoms in total. The Morgan fingerprint density at radius 3 is 2.30 bits per heavy atom. The van der Waals surface area contributed by atoms with E-state index in [0.29, 0.717) is 5.70 Å². The summed E-state index contributed by atoms with van der Waals surface area (Å²) in [4.78, 5) is -0.494. The van der Waals surface area contributed by atoms with Crippen LogP contribution < -0.4 is 5.26 Å². The van der Waals surface area contributed by atoms with Crippen molar-refractivity contribution in [1.29, 1.82) is 5.26 Å². The Labute approximate surface area is 117 Å². The number of hydrogen-bond acceptors (Lipinski definition) is 5. The van der Waals surface area contributed by atoms with Crippen molar-refractivity contribution < 1.29 is 27.5 Å². The van der Waals surface area contributed by atoms with Crippen LogP contribution in [0.25, 0.3) is 0 Å². The molecular weight excluding hydrogens is 282 g/mol. The van der Waals surface area contributed by atoms with Crippen molar-refractivity contribution in [1.82, 2.24) is 0 Å². The van der Waals surface area contributed by atoms with E-state index in [-0.39, 0.29) is 21.4 Å². The average Bonchev–Trinajstić information content (AvgIpc) is 2.24. The molecule has 0 unspecified atom stereocenters. The molecule has 0 atom stereocenters. The lowest BCUT2D eigenvalue weighted by Crippen LogP contribution is -2.40. The molecule has 106 valence electrons. The number of methoxy groups -OCH3 is 1. The Morgan fingerprint density at radius 2 is 2.00 bits per heavy atom. The molecule has 1 aliphatic carbocycles. The highest BCUT2D eigenvalue weighted by Crippen LogP contribution is 2.42. The fourth-order valence-electron chi connectivity index (χ4n) is 1.88. The molecule has 0 aliphatic heterocycles. The highest BCUT2D eigenvalue weighted by Gasteiger charge is 2.42. The SMILES string of the molecule is COC1=C(S(=O)(=O)[O-])C(C=C(C#N)C#[NH+])=C1[N+](C)(C)C. The van der Waals surface area contributed by atoms with Crippen LogP contribution in [0, 0.1) is 17.4 Å². The van der Waals surface area contributed by atoms with Crippen LogP contribution in [0.2, 0.25) is 0 Å². The van der Waals surface area contributed by atoms with Crippen molar-refractivity contribution in [2.45, 2.75) is 0 Å². The van der Waals surface area contributed by atoms with Gasteiger partial charge in [-0.3, -0.25) is 4.48 Å². The molecule has 0 aromatic carbocycles. The quantitative estimate of drug-likeness (QED) is 0.389. The van der Waals surface area contributed by atoms with Crippen LogP contribution in [0.1, 0.15) is 0 Å². The van der Waals surface area contributed by atoms with Crippen LogP contribution in [-0.4, -0.2) is 45.7 Å². The fourth-order valence-corrected chi connectivity index (χ4v) is 2.71. The number of nitrogens with one attached hydrogen (secondary N) is 1. The number of allylic oxidation sites excluding steroid dienone is 3.